The number of benzene rings is 8. The van der Waals surface area contributed by atoms with Gasteiger partial charge in [0.05, 0.1) is 39.5 Å². The van der Waals surface area contributed by atoms with Crippen LogP contribution < -0.4 is 0 Å². The summed E-state index contributed by atoms with van der Waals surface area (Å²) in [6.45, 7) is 53.5. The molecule has 0 spiro atoms. The van der Waals surface area contributed by atoms with Crippen LogP contribution in [0.3, 0.4) is 0 Å². The van der Waals surface area contributed by atoms with Crippen molar-refractivity contribution in [3.63, 3.8) is 0 Å². The van der Waals surface area contributed by atoms with Gasteiger partial charge in [0.2, 0.25) is 0 Å². The molecule has 0 aliphatic rings. The van der Waals surface area contributed by atoms with Crippen LogP contribution in [0.25, 0.3) is 101 Å². The average Bonchev–Trinajstić information content (AvgIpc) is 1.52. The van der Waals surface area contributed by atoms with Gasteiger partial charge in [0, 0.05) is 76.0 Å². The van der Waals surface area contributed by atoms with Crippen LogP contribution in [0.15, 0.2) is 146 Å². The van der Waals surface area contributed by atoms with E-state index in [1.165, 1.54) is 22.3 Å². The molecule has 10 heteroatoms. The molecular formula is C86H98N6O2Pt2-2. The molecule has 0 saturated heterocycles. The Bertz CT molecular complexity index is 4410. The van der Waals surface area contributed by atoms with E-state index in [0.717, 1.165) is 89.1 Å². The maximum absolute atomic E-state index is 12.6. The van der Waals surface area contributed by atoms with E-state index in [1.54, 1.807) is 6.33 Å². The number of fused-ring (bicyclic) bond motifs is 2. The minimum absolute atomic E-state index is 0. The van der Waals surface area contributed by atoms with Crippen molar-refractivity contribution >= 4 is 22.1 Å². The van der Waals surface area contributed by atoms with Crippen molar-refractivity contribution < 1.29 is 52.3 Å². The first-order valence-electron chi connectivity index (χ1n) is 33.5. The Hall–Kier alpha value is -7.24. The average molecular weight is 1640 g/mol. The molecule has 8 aromatic carbocycles. The molecule has 3 aromatic heterocycles. The first-order valence-corrected chi connectivity index (χ1v) is 33.5. The third-order valence-electron chi connectivity index (χ3n) is 18.6. The molecule has 0 fully saturated rings. The Labute approximate surface area is 601 Å². The zero-order valence-corrected chi connectivity index (χ0v) is 65.6. The Morgan fingerprint density at radius 1 is 0.312 bits per heavy atom. The molecule has 8 nitrogen and oxygen atoms in total. The SMILES string of the molecule is CC(C)(C)c1cc(-n2c(-c3cc(C(C)(C)C)cc(C(C)(C)C)c3O)nc3c(-c4[c-]c(-c5cc(-c6[c-]c(-c7cccc8c7nc(-c7cc(C(C)(C)C)cc(C(C)(C)C)c7O)n8-c7cc(C(C)(C)C)cc(C(C)(C)C)c7)ccc6)ncn5)ccc4)cccc32)cc(C(C)(C)C)c1.[Pt].[Pt]. The molecule has 0 radical (unpaired) electrons. The van der Waals surface area contributed by atoms with Gasteiger partial charge in [-0.1, -0.05) is 243 Å². The zero-order chi connectivity index (χ0) is 68.5. The number of imidazole rings is 2. The Morgan fingerprint density at radius 3 is 0.906 bits per heavy atom. The largest absolute Gasteiger partial charge is 0.507 e. The number of rotatable bonds is 8. The first kappa shape index (κ1) is 73.0. The minimum atomic E-state index is -0.352. The normalized spacial score (nSPS) is 12.9. The molecule has 0 atom stereocenters. The van der Waals surface area contributed by atoms with Crippen LogP contribution in [0, 0.1) is 12.1 Å². The second kappa shape index (κ2) is 25.6. The molecule has 0 aliphatic heterocycles. The molecule has 0 saturated carbocycles. The van der Waals surface area contributed by atoms with E-state index in [4.69, 9.17) is 19.9 Å². The predicted molar refractivity (Wildman–Crippen MR) is 395 cm³/mol. The van der Waals surface area contributed by atoms with Gasteiger partial charge in [-0.15, -0.1) is 59.7 Å². The molecular weight excluding hydrogens is 1540 g/mol. The van der Waals surface area contributed by atoms with E-state index in [1.807, 2.05) is 18.2 Å². The van der Waals surface area contributed by atoms with Crippen molar-refractivity contribution in [3.05, 3.63) is 202 Å². The molecule has 11 rings (SSSR count). The van der Waals surface area contributed by atoms with Crippen LogP contribution >= 0.6 is 0 Å². The number of phenolic OH excluding ortho intramolecular Hbond substituents is 2. The van der Waals surface area contributed by atoms with Crippen molar-refractivity contribution in [3.8, 4) is 90.4 Å². The van der Waals surface area contributed by atoms with Crippen LogP contribution in [-0.2, 0) is 85.5 Å². The summed E-state index contributed by atoms with van der Waals surface area (Å²) in [6, 6.07) is 57.3. The van der Waals surface area contributed by atoms with Gasteiger partial charge in [-0.25, -0.2) is 9.97 Å². The Morgan fingerprint density at radius 2 is 0.604 bits per heavy atom. The number of aromatic hydroxyl groups is 2. The fourth-order valence-electron chi connectivity index (χ4n) is 12.6. The van der Waals surface area contributed by atoms with Crippen molar-refractivity contribution in [2.45, 2.75) is 209 Å². The maximum Gasteiger partial charge on any atom is 0.148 e. The molecule has 506 valence electrons. The van der Waals surface area contributed by atoms with Gasteiger partial charge >= 0.3 is 0 Å². The topological polar surface area (TPSA) is 102 Å². The van der Waals surface area contributed by atoms with Crippen LogP contribution in [0.2, 0.25) is 0 Å². The second-order valence-electron chi connectivity index (χ2n) is 34.5. The number of nitrogens with zero attached hydrogens (tertiary/aromatic N) is 6. The summed E-state index contributed by atoms with van der Waals surface area (Å²) in [5.74, 6) is 1.81. The van der Waals surface area contributed by atoms with Crippen LogP contribution in [0.5, 0.6) is 11.5 Å². The van der Waals surface area contributed by atoms with Crippen molar-refractivity contribution in [2.24, 2.45) is 0 Å². The third-order valence-corrected chi connectivity index (χ3v) is 18.6. The standard InChI is InChI=1S/C86H98N6O2.2Pt/c1-79(2,3)55-39-56(80(4,5)6)42-61(41-55)91-71-35-27-33-63(73(71)89-77(91)65-45-59(83(13,14)15)47-67(75(65)93)85(19,20)21)51-29-25-31-53(37-51)69-49-70(88-50-87-69)54-32-26-30-52(38-54)64-34-28-36-72-74(64)90-78(66-46-60(84(16,17)18)48-68(76(66)94)86(22,23)24)92(72)62-43-57(81(7,8)9)40-58(44-62)82(10,11)12;;/h25-36,39-50,93-94H,1-24H3;;/q-2;;. The number of hydrogen-bond acceptors (Lipinski definition) is 6. The number of para-hydroxylation sites is 2. The summed E-state index contributed by atoms with van der Waals surface area (Å²) in [5, 5.41) is 25.3. The molecule has 0 unspecified atom stereocenters. The summed E-state index contributed by atoms with van der Waals surface area (Å²) in [7, 11) is 0. The summed E-state index contributed by atoms with van der Waals surface area (Å²) in [5.41, 5.74) is 20.5. The van der Waals surface area contributed by atoms with Gasteiger partial charge in [0.1, 0.15) is 23.1 Å². The molecule has 0 bridgehead atoms. The summed E-state index contributed by atoms with van der Waals surface area (Å²) >= 11 is 0. The number of aromatic nitrogens is 6. The predicted octanol–water partition coefficient (Wildman–Crippen LogP) is 22.5. The maximum atomic E-state index is 12.6. The van der Waals surface area contributed by atoms with E-state index in [-0.39, 0.29) is 96.9 Å². The van der Waals surface area contributed by atoms with Crippen molar-refractivity contribution in [2.75, 3.05) is 0 Å². The molecule has 2 N–H and O–H groups in total. The third kappa shape index (κ3) is 14.4. The van der Waals surface area contributed by atoms with Gasteiger partial charge in [0.15, 0.2) is 0 Å². The van der Waals surface area contributed by atoms with Gasteiger partial charge in [-0.2, -0.15) is 0 Å². The number of hydrogen-bond donors (Lipinski definition) is 2. The quantitative estimate of drug-likeness (QED) is 0.147. The van der Waals surface area contributed by atoms with Gasteiger partial charge in [0.25, 0.3) is 0 Å². The van der Waals surface area contributed by atoms with Gasteiger partial charge in [-0.05, 0) is 125 Å². The van der Waals surface area contributed by atoms with E-state index >= 15 is 0 Å². The van der Waals surface area contributed by atoms with Crippen molar-refractivity contribution in [1.29, 1.82) is 0 Å². The van der Waals surface area contributed by atoms with Gasteiger partial charge in [-0.3, -0.25) is 19.1 Å². The molecule has 3 heterocycles. The number of phenols is 2. The van der Waals surface area contributed by atoms with E-state index in [9.17, 15) is 10.2 Å². The summed E-state index contributed by atoms with van der Waals surface area (Å²) in [4.78, 5) is 21.1. The minimum Gasteiger partial charge on any atom is -0.507 e. The van der Waals surface area contributed by atoms with Crippen LogP contribution in [-0.4, -0.2) is 39.3 Å². The monoisotopic (exact) mass is 1640 g/mol. The first-order chi connectivity index (χ1) is 43.5. The van der Waals surface area contributed by atoms with Crippen LogP contribution in [0.4, 0.5) is 0 Å². The van der Waals surface area contributed by atoms with E-state index in [0.29, 0.717) is 34.2 Å². The molecule has 0 aliphatic carbocycles. The smallest absolute Gasteiger partial charge is 0.148 e. The second-order valence-corrected chi connectivity index (χ2v) is 34.5. The fourth-order valence-corrected chi connectivity index (χ4v) is 12.6. The molecule has 96 heavy (non-hydrogen) atoms. The zero-order valence-electron chi connectivity index (χ0n) is 61.1. The Kier molecular flexibility index (Phi) is 19.4. The Balaban J connectivity index is 0.00000541. The van der Waals surface area contributed by atoms with Crippen molar-refractivity contribution in [1.82, 2.24) is 29.1 Å². The van der Waals surface area contributed by atoms with Gasteiger partial charge < -0.3 is 10.2 Å². The van der Waals surface area contributed by atoms with E-state index in [2.05, 4.69) is 309 Å². The fraction of sp³-hybridized carbons (Fsp3) is 0.372. The molecule has 0 amide bonds. The summed E-state index contributed by atoms with van der Waals surface area (Å²) in [6.07, 6.45) is 1.62. The summed E-state index contributed by atoms with van der Waals surface area (Å²) < 4.78 is 4.53. The van der Waals surface area contributed by atoms with E-state index < -0.39 is 0 Å². The molecule has 11 aromatic rings. The van der Waals surface area contributed by atoms with Crippen LogP contribution in [0.1, 0.15) is 211 Å².